The first-order chi connectivity index (χ1) is 3.31. The molecule has 0 unspecified atom stereocenters. The molecule has 0 heterocycles. The van der Waals surface area contributed by atoms with E-state index in [-0.39, 0.29) is 6.61 Å². The number of rotatable bonds is 2. The summed E-state index contributed by atoms with van der Waals surface area (Å²) in [6.07, 6.45) is 2.84. The van der Waals surface area contributed by atoms with E-state index in [1.165, 1.54) is 3.58 Å². The minimum atomic E-state index is 0.173. The molecule has 0 aliphatic carbocycles. The normalized spacial score (nSPS) is 12.1. The van der Waals surface area contributed by atoms with Crippen molar-refractivity contribution in [2.75, 3.05) is 6.61 Å². The number of halogens is 1. The summed E-state index contributed by atoms with van der Waals surface area (Å²) < 4.78 is 1.22. The maximum atomic E-state index is 8.29. The fourth-order valence-electron chi connectivity index (χ4n) is 0.243. The van der Waals surface area contributed by atoms with Crippen LogP contribution in [0.25, 0.3) is 0 Å². The van der Waals surface area contributed by atoms with E-state index >= 15 is 0 Å². The number of hydrogen-bond donors (Lipinski definition) is 1. The standard InChI is InChI=1S/C5H9IO/c1-2-5(6)3-4-7/h3,7H,2,4H2,1H3. The second-order valence-corrected chi connectivity index (χ2v) is 2.57. The molecule has 7 heavy (non-hydrogen) atoms. The quantitative estimate of drug-likeness (QED) is 0.690. The Balaban J connectivity index is 3.29. The minimum Gasteiger partial charge on any atom is -0.392 e. The van der Waals surface area contributed by atoms with Gasteiger partial charge in [-0.05, 0) is 38.7 Å². The maximum Gasteiger partial charge on any atom is 0.0622 e. The molecule has 0 bridgehead atoms. The van der Waals surface area contributed by atoms with Crippen molar-refractivity contribution in [1.29, 1.82) is 0 Å². The Morgan fingerprint density at radius 2 is 2.43 bits per heavy atom. The Morgan fingerprint density at radius 1 is 1.86 bits per heavy atom. The summed E-state index contributed by atoms with van der Waals surface area (Å²) in [4.78, 5) is 0. The van der Waals surface area contributed by atoms with Gasteiger partial charge in [-0.3, -0.25) is 0 Å². The number of aliphatic hydroxyl groups excluding tert-OH is 1. The molecular weight excluding hydrogens is 203 g/mol. The molecule has 0 fully saturated rings. The van der Waals surface area contributed by atoms with E-state index in [4.69, 9.17) is 5.11 Å². The van der Waals surface area contributed by atoms with E-state index in [0.717, 1.165) is 6.42 Å². The average molecular weight is 212 g/mol. The van der Waals surface area contributed by atoms with Crippen LogP contribution in [0.5, 0.6) is 0 Å². The maximum absolute atomic E-state index is 8.29. The molecule has 2 heteroatoms. The van der Waals surface area contributed by atoms with Crippen LogP contribution < -0.4 is 0 Å². The summed E-state index contributed by atoms with van der Waals surface area (Å²) in [6, 6.07) is 0. The molecular formula is C5H9IO. The summed E-state index contributed by atoms with van der Waals surface area (Å²) in [5.41, 5.74) is 0. The fourth-order valence-corrected chi connectivity index (χ4v) is 0.440. The topological polar surface area (TPSA) is 20.2 Å². The lowest BCUT2D eigenvalue weighted by molar-refractivity contribution is 0.342. The largest absolute Gasteiger partial charge is 0.392 e. The lowest BCUT2D eigenvalue weighted by atomic mass is 10.4. The van der Waals surface area contributed by atoms with Crippen LogP contribution in [0.3, 0.4) is 0 Å². The highest BCUT2D eigenvalue weighted by atomic mass is 127. The van der Waals surface area contributed by atoms with Crippen LogP contribution in [0.2, 0.25) is 0 Å². The van der Waals surface area contributed by atoms with Gasteiger partial charge in [-0.15, -0.1) is 0 Å². The van der Waals surface area contributed by atoms with Crippen molar-refractivity contribution in [2.45, 2.75) is 13.3 Å². The predicted molar refractivity (Wildman–Crippen MR) is 39.5 cm³/mol. The Labute approximate surface area is 57.6 Å². The molecule has 0 aliphatic rings. The van der Waals surface area contributed by atoms with Gasteiger partial charge in [0.25, 0.3) is 0 Å². The van der Waals surface area contributed by atoms with Gasteiger partial charge in [-0.1, -0.05) is 6.92 Å². The molecule has 0 aliphatic heterocycles. The summed E-state index contributed by atoms with van der Waals surface area (Å²) in [6.45, 7) is 2.24. The average Bonchev–Trinajstić information content (AvgIpc) is 1.68. The Bertz CT molecular complexity index is 68.5. The first kappa shape index (κ1) is 7.43. The molecule has 0 aromatic rings. The van der Waals surface area contributed by atoms with Crippen LogP contribution in [-0.2, 0) is 0 Å². The molecule has 0 atom stereocenters. The van der Waals surface area contributed by atoms with E-state index in [1.54, 1.807) is 6.08 Å². The van der Waals surface area contributed by atoms with Gasteiger partial charge in [0.2, 0.25) is 0 Å². The lowest BCUT2D eigenvalue weighted by Crippen LogP contribution is -1.72. The molecule has 0 aromatic carbocycles. The summed E-state index contributed by atoms with van der Waals surface area (Å²) in [5, 5.41) is 8.29. The van der Waals surface area contributed by atoms with E-state index in [0.29, 0.717) is 0 Å². The second-order valence-electron chi connectivity index (χ2n) is 1.19. The third kappa shape index (κ3) is 4.28. The van der Waals surface area contributed by atoms with Crippen molar-refractivity contribution >= 4 is 22.6 Å². The first-order valence-corrected chi connectivity index (χ1v) is 3.34. The van der Waals surface area contributed by atoms with E-state index in [9.17, 15) is 0 Å². The summed E-state index contributed by atoms with van der Waals surface area (Å²) in [5.74, 6) is 0. The number of hydrogen-bond acceptors (Lipinski definition) is 1. The molecule has 0 amide bonds. The number of aliphatic hydroxyl groups is 1. The molecule has 0 radical (unpaired) electrons. The second kappa shape index (κ2) is 4.59. The van der Waals surface area contributed by atoms with Crippen molar-refractivity contribution in [2.24, 2.45) is 0 Å². The highest BCUT2D eigenvalue weighted by Gasteiger charge is 1.79. The SMILES string of the molecule is CCC(I)=CCO. The fraction of sp³-hybridized carbons (Fsp3) is 0.600. The van der Waals surface area contributed by atoms with Gasteiger partial charge in [0.05, 0.1) is 6.61 Å². The van der Waals surface area contributed by atoms with Gasteiger partial charge in [-0.25, -0.2) is 0 Å². The van der Waals surface area contributed by atoms with Crippen LogP contribution in [0.15, 0.2) is 9.66 Å². The van der Waals surface area contributed by atoms with Gasteiger partial charge in [0.1, 0.15) is 0 Å². The van der Waals surface area contributed by atoms with Gasteiger partial charge in [-0.2, -0.15) is 0 Å². The van der Waals surface area contributed by atoms with Crippen molar-refractivity contribution in [3.63, 3.8) is 0 Å². The van der Waals surface area contributed by atoms with Gasteiger partial charge < -0.3 is 5.11 Å². The Kier molecular flexibility index (Phi) is 4.87. The summed E-state index contributed by atoms with van der Waals surface area (Å²) >= 11 is 2.21. The highest BCUT2D eigenvalue weighted by molar-refractivity contribution is 14.1. The molecule has 42 valence electrons. The smallest absolute Gasteiger partial charge is 0.0622 e. The van der Waals surface area contributed by atoms with Gasteiger partial charge >= 0.3 is 0 Å². The highest BCUT2D eigenvalue weighted by Crippen LogP contribution is 2.07. The summed E-state index contributed by atoms with van der Waals surface area (Å²) in [7, 11) is 0. The van der Waals surface area contributed by atoms with Crippen molar-refractivity contribution in [3.05, 3.63) is 9.66 Å². The molecule has 0 spiro atoms. The van der Waals surface area contributed by atoms with Gasteiger partial charge in [0.15, 0.2) is 0 Å². The Hall–Kier alpha value is 0.430. The predicted octanol–water partition coefficient (Wildman–Crippen LogP) is 1.71. The van der Waals surface area contributed by atoms with E-state index in [2.05, 4.69) is 29.5 Å². The zero-order chi connectivity index (χ0) is 5.70. The molecule has 0 saturated carbocycles. The Morgan fingerprint density at radius 3 is 2.57 bits per heavy atom. The molecule has 0 aromatic heterocycles. The van der Waals surface area contributed by atoms with Crippen LogP contribution in [0.4, 0.5) is 0 Å². The monoisotopic (exact) mass is 212 g/mol. The molecule has 1 N–H and O–H groups in total. The first-order valence-electron chi connectivity index (χ1n) is 2.26. The lowest BCUT2D eigenvalue weighted by Gasteiger charge is -1.85. The zero-order valence-electron chi connectivity index (χ0n) is 4.32. The van der Waals surface area contributed by atoms with Crippen LogP contribution in [0, 0.1) is 0 Å². The molecule has 0 saturated heterocycles. The molecule has 1 nitrogen and oxygen atoms in total. The molecule has 0 rings (SSSR count). The van der Waals surface area contributed by atoms with Crippen LogP contribution >= 0.6 is 22.6 Å². The van der Waals surface area contributed by atoms with E-state index in [1.807, 2.05) is 0 Å². The van der Waals surface area contributed by atoms with Crippen molar-refractivity contribution < 1.29 is 5.11 Å². The van der Waals surface area contributed by atoms with E-state index < -0.39 is 0 Å². The van der Waals surface area contributed by atoms with Crippen LogP contribution in [-0.4, -0.2) is 11.7 Å². The minimum absolute atomic E-state index is 0.173. The third-order valence-corrected chi connectivity index (χ3v) is 1.85. The third-order valence-electron chi connectivity index (χ3n) is 0.651. The zero-order valence-corrected chi connectivity index (χ0v) is 6.47. The van der Waals surface area contributed by atoms with Gasteiger partial charge in [0, 0.05) is 0 Å². The van der Waals surface area contributed by atoms with Crippen molar-refractivity contribution in [1.82, 2.24) is 0 Å². The van der Waals surface area contributed by atoms with Crippen LogP contribution in [0.1, 0.15) is 13.3 Å². The van der Waals surface area contributed by atoms with Crippen molar-refractivity contribution in [3.8, 4) is 0 Å². The number of allylic oxidation sites excluding steroid dienone is 1.